The topological polar surface area (TPSA) is 43.1 Å². The fourth-order valence-electron chi connectivity index (χ4n) is 1.15. The summed E-state index contributed by atoms with van der Waals surface area (Å²) in [5.41, 5.74) is 6.58. The van der Waals surface area contributed by atoms with Crippen LogP contribution >= 0.6 is 27.3 Å². The van der Waals surface area contributed by atoms with Crippen molar-refractivity contribution in [1.82, 2.24) is 0 Å². The van der Waals surface area contributed by atoms with Gasteiger partial charge in [-0.15, -0.1) is 0 Å². The van der Waals surface area contributed by atoms with Gasteiger partial charge in [0.15, 0.2) is 5.78 Å². The van der Waals surface area contributed by atoms with Crippen molar-refractivity contribution in [3.8, 4) is 0 Å². The number of thiophene rings is 1. The maximum Gasteiger partial charge on any atom is 0.181 e. The third-order valence-corrected chi connectivity index (χ3v) is 4.14. The molecule has 0 radical (unpaired) electrons. The average Bonchev–Trinajstić information content (AvgIpc) is 2.61. The van der Waals surface area contributed by atoms with E-state index in [0.29, 0.717) is 5.56 Å². The van der Waals surface area contributed by atoms with Gasteiger partial charge >= 0.3 is 0 Å². The van der Waals surface area contributed by atoms with E-state index in [2.05, 4.69) is 15.9 Å². The lowest BCUT2D eigenvalue weighted by molar-refractivity contribution is 0.0934. The fraction of sp³-hybridized carbons (Fsp3) is 0.500. The zero-order valence-electron chi connectivity index (χ0n) is 8.29. The number of hydrogen-bond acceptors (Lipinski definition) is 3. The van der Waals surface area contributed by atoms with Gasteiger partial charge in [-0.2, -0.15) is 11.3 Å². The molecular weight excluding hydrogens is 262 g/mol. The molecule has 0 aliphatic rings. The Morgan fingerprint density at radius 2 is 2.29 bits per heavy atom. The second-order valence-electron chi connectivity index (χ2n) is 3.41. The molecule has 1 aromatic heterocycles. The van der Waals surface area contributed by atoms with E-state index in [-0.39, 0.29) is 17.7 Å². The lowest BCUT2D eigenvalue weighted by atomic mass is 9.94. The van der Waals surface area contributed by atoms with Crippen molar-refractivity contribution >= 4 is 33.0 Å². The average molecular weight is 276 g/mol. The fourth-order valence-corrected chi connectivity index (χ4v) is 2.63. The van der Waals surface area contributed by atoms with E-state index in [1.165, 1.54) is 11.3 Å². The summed E-state index contributed by atoms with van der Waals surface area (Å²) in [5.74, 6) is 0.266. The SMILES string of the molecule is CCC(C)C(N)C(=O)c1cscc1Br. The van der Waals surface area contributed by atoms with Crippen LogP contribution in [0.2, 0.25) is 0 Å². The first-order valence-electron chi connectivity index (χ1n) is 4.59. The molecule has 1 rings (SSSR count). The predicted octanol–water partition coefficient (Wildman–Crippen LogP) is 3.07. The van der Waals surface area contributed by atoms with Gasteiger partial charge < -0.3 is 5.73 Å². The molecule has 2 atom stereocenters. The number of halogens is 1. The van der Waals surface area contributed by atoms with E-state index in [1.807, 2.05) is 24.6 Å². The molecule has 2 unspecified atom stereocenters. The second-order valence-corrected chi connectivity index (χ2v) is 5.01. The van der Waals surface area contributed by atoms with E-state index in [4.69, 9.17) is 5.73 Å². The van der Waals surface area contributed by atoms with Gasteiger partial charge in [-0.1, -0.05) is 20.3 Å². The summed E-state index contributed by atoms with van der Waals surface area (Å²) < 4.78 is 0.853. The zero-order chi connectivity index (χ0) is 10.7. The highest BCUT2D eigenvalue weighted by molar-refractivity contribution is 9.10. The van der Waals surface area contributed by atoms with Crippen molar-refractivity contribution in [2.75, 3.05) is 0 Å². The van der Waals surface area contributed by atoms with Crippen LogP contribution in [0.5, 0.6) is 0 Å². The molecule has 0 aliphatic heterocycles. The predicted molar refractivity (Wildman–Crippen MR) is 63.8 cm³/mol. The third kappa shape index (κ3) is 2.43. The van der Waals surface area contributed by atoms with E-state index < -0.39 is 0 Å². The van der Waals surface area contributed by atoms with E-state index in [0.717, 1.165) is 10.9 Å². The molecule has 4 heteroatoms. The highest BCUT2D eigenvalue weighted by Gasteiger charge is 2.22. The molecule has 2 nitrogen and oxygen atoms in total. The summed E-state index contributed by atoms with van der Waals surface area (Å²) in [6.07, 6.45) is 0.925. The van der Waals surface area contributed by atoms with Crippen molar-refractivity contribution in [1.29, 1.82) is 0 Å². The molecule has 0 bridgehead atoms. The Hall–Kier alpha value is -0.190. The standard InChI is InChI=1S/C10H14BrNOS/c1-3-6(2)9(12)10(13)7-4-14-5-8(7)11/h4-6,9H,3,12H2,1-2H3. The van der Waals surface area contributed by atoms with E-state index in [1.54, 1.807) is 0 Å². The number of rotatable bonds is 4. The van der Waals surface area contributed by atoms with Gasteiger partial charge in [0.05, 0.1) is 6.04 Å². The summed E-state index contributed by atoms with van der Waals surface area (Å²) in [4.78, 5) is 11.9. The monoisotopic (exact) mass is 275 g/mol. The first-order chi connectivity index (χ1) is 6.57. The Labute approximate surface area is 96.6 Å². The maximum atomic E-state index is 11.9. The summed E-state index contributed by atoms with van der Waals surface area (Å²) in [6.45, 7) is 4.04. The zero-order valence-corrected chi connectivity index (χ0v) is 10.7. The minimum Gasteiger partial charge on any atom is -0.321 e. The van der Waals surface area contributed by atoms with Gasteiger partial charge in [0.25, 0.3) is 0 Å². The number of ketones is 1. The third-order valence-electron chi connectivity index (χ3n) is 2.44. The Morgan fingerprint density at radius 1 is 1.64 bits per heavy atom. The molecule has 0 spiro atoms. The summed E-state index contributed by atoms with van der Waals surface area (Å²) >= 11 is 4.85. The number of Topliss-reactive ketones (excluding diaryl/α,β-unsaturated/α-hetero) is 1. The van der Waals surface area contributed by atoms with Crippen LogP contribution in [0.15, 0.2) is 15.2 Å². The summed E-state index contributed by atoms with van der Waals surface area (Å²) in [5, 5.41) is 3.74. The van der Waals surface area contributed by atoms with E-state index >= 15 is 0 Å². The molecule has 0 fully saturated rings. The van der Waals surface area contributed by atoms with Crippen molar-refractivity contribution < 1.29 is 4.79 Å². The van der Waals surface area contributed by atoms with Gasteiger partial charge in [0, 0.05) is 20.8 Å². The molecule has 0 aliphatic carbocycles. The Bertz CT molecular complexity index is 324. The van der Waals surface area contributed by atoms with Crippen LogP contribution < -0.4 is 5.73 Å². The van der Waals surface area contributed by atoms with Crippen molar-refractivity contribution in [2.45, 2.75) is 26.3 Å². The van der Waals surface area contributed by atoms with Gasteiger partial charge in [0.2, 0.25) is 0 Å². The van der Waals surface area contributed by atoms with Gasteiger partial charge in [-0.05, 0) is 21.8 Å². The number of carbonyl (C=O) groups excluding carboxylic acids is 1. The number of nitrogens with two attached hydrogens (primary N) is 1. The molecule has 0 saturated heterocycles. The Kier molecular flexibility index (Phi) is 4.29. The quantitative estimate of drug-likeness (QED) is 0.859. The molecule has 1 heterocycles. The molecule has 0 saturated carbocycles. The van der Waals surface area contributed by atoms with Gasteiger partial charge in [-0.3, -0.25) is 4.79 Å². The highest BCUT2D eigenvalue weighted by atomic mass is 79.9. The minimum absolute atomic E-state index is 0.0347. The normalized spacial score (nSPS) is 15.1. The van der Waals surface area contributed by atoms with E-state index in [9.17, 15) is 4.79 Å². The lowest BCUT2D eigenvalue weighted by Gasteiger charge is -2.16. The van der Waals surface area contributed by atoms with Crippen molar-refractivity contribution in [2.24, 2.45) is 11.7 Å². The van der Waals surface area contributed by atoms with Crippen LogP contribution in [0.4, 0.5) is 0 Å². The highest BCUT2D eigenvalue weighted by Crippen LogP contribution is 2.24. The van der Waals surface area contributed by atoms with Crippen LogP contribution in [0, 0.1) is 5.92 Å². The number of hydrogen-bond donors (Lipinski definition) is 1. The Balaban J connectivity index is 2.81. The smallest absolute Gasteiger partial charge is 0.181 e. The molecular formula is C10H14BrNOS. The summed E-state index contributed by atoms with van der Waals surface area (Å²) in [7, 11) is 0. The second kappa shape index (κ2) is 5.05. The van der Waals surface area contributed by atoms with Crippen molar-refractivity contribution in [3.63, 3.8) is 0 Å². The first-order valence-corrected chi connectivity index (χ1v) is 6.33. The molecule has 0 amide bonds. The van der Waals surface area contributed by atoms with Crippen LogP contribution in [0.25, 0.3) is 0 Å². The minimum atomic E-state index is -0.383. The summed E-state index contributed by atoms with van der Waals surface area (Å²) in [6, 6.07) is -0.383. The molecule has 78 valence electrons. The molecule has 1 aromatic rings. The van der Waals surface area contributed by atoms with Crippen LogP contribution in [0.1, 0.15) is 30.6 Å². The number of carbonyl (C=O) groups is 1. The van der Waals surface area contributed by atoms with Crippen molar-refractivity contribution in [3.05, 3.63) is 20.8 Å². The van der Waals surface area contributed by atoms with Gasteiger partial charge in [0.1, 0.15) is 0 Å². The van der Waals surface area contributed by atoms with Crippen LogP contribution in [-0.2, 0) is 0 Å². The van der Waals surface area contributed by atoms with Gasteiger partial charge in [-0.25, -0.2) is 0 Å². The lowest BCUT2D eigenvalue weighted by Crippen LogP contribution is -2.36. The largest absolute Gasteiger partial charge is 0.321 e. The molecule has 2 N–H and O–H groups in total. The first kappa shape index (κ1) is 11.9. The van der Waals surface area contributed by atoms with Crippen LogP contribution in [0.3, 0.4) is 0 Å². The Morgan fingerprint density at radius 3 is 2.71 bits per heavy atom. The maximum absolute atomic E-state index is 11.9. The molecule has 14 heavy (non-hydrogen) atoms. The molecule has 0 aromatic carbocycles. The van der Waals surface area contributed by atoms with Crippen LogP contribution in [-0.4, -0.2) is 11.8 Å².